The lowest BCUT2D eigenvalue weighted by Gasteiger charge is -2.10. The van der Waals surface area contributed by atoms with Crippen molar-refractivity contribution in [2.75, 3.05) is 11.1 Å². The van der Waals surface area contributed by atoms with E-state index in [0.717, 1.165) is 0 Å². The zero-order chi connectivity index (χ0) is 14.8. The molecular weight excluding hydrogens is 298 g/mol. The third-order valence-corrected chi connectivity index (χ3v) is 2.84. The van der Waals surface area contributed by atoms with Gasteiger partial charge in [0.25, 0.3) is 5.91 Å². The van der Waals surface area contributed by atoms with Gasteiger partial charge in [0.1, 0.15) is 12.7 Å². The molecule has 0 aliphatic carbocycles. The second-order valence-electron chi connectivity index (χ2n) is 3.95. The number of nitrogen functional groups attached to an aromatic ring is 1. The predicted molar refractivity (Wildman–Crippen MR) is 73.0 cm³/mol. The van der Waals surface area contributed by atoms with Gasteiger partial charge in [-0.2, -0.15) is 5.10 Å². The van der Waals surface area contributed by atoms with Crippen LogP contribution in [-0.4, -0.2) is 31.0 Å². The molecule has 0 saturated carbocycles. The van der Waals surface area contributed by atoms with Gasteiger partial charge in [-0.3, -0.25) is 4.79 Å². The van der Waals surface area contributed by atoms with Crippen LogP contribution in [-0.2, 0) is 0 Å². The van der Waals surface area contributed by atoms with Gasteiger partial charge in [0.2, 0.25) is 11.5 Å². The first-order chi connectivity index (χ1) is 10.1. The molecule has 9 nitrogen and oxygen atoms in total. The third kappa shape index (κ3) is 2.54. The first kappa shape index (κ1) is 13.1. The second kappa shape index (κ2) is 5.21. The smallest absolute Gasteiger partial charge is 0.281 e. The van der Waals surface area contributed by atoms with E-state index in [2.05, 4.69) is 30.3 Å². The number of halogens is 1. The summed E-state index contributed by atoms with van der Waals surface area (Å²) in [5, 5.41) is 13.9. The number of rotatable bonds is 3. The van der Waals surface area contributed by atoms with Crippen LogP contribution in [0.1, 0.15) is 10.5 Å². The molecule has 0 atom stereocenters. The van der Waals surface area contributed by atoms with E-state index >= 15 is 0 Å². The van der Waals surface area contributed by atoms with E-state index in [0.29, 0.717) is 16.4 Å². The molecule has 106 valence electrons. The Hall–Kier alpha value is -2.94. The molecule has 3 N–H and O–H groups in total. The minimum absolute atomic E-state index is 0.100. The summed E-state index contributed by atoms with van der Waals surface area (Å²) in [6.45, 7) is 0. The van der Waals surface area contributed by atoms with Crippen molar-refractivity contribution >= 4 is 29.0 Å². The molecule has 0 aliphatic rings. The third-order valence-electron chi connectivity index (χ3n) is 2.60. The van der Waals surface area contributed by atoms with E-state index in [-0.39, 0.29) is 11.5 Å². The van der Waals surface area contributed by atoms with Crippen molar-refractivity contribution in [1.29, 1.82) is 0 Å². The second-order valence-corrected chi connectivity index (χ2v) is 4.39. The monoisotopic (exact) mass is 305 g/mol. The number of hydrogen-bond donors (Lipinski definition) is 2. The largest absolute Gasteiger partial charge is 0.379 e. The molecule has 0 bridgehead atoms. The van der Waals surface area contributed by atoms with Crippen molar-refractivity contribution in [3.63, 3.8) is 0 Å². The maximum atomic E-state index is 12.1. The molecule has 0 saturated heterocycles. The van der Waals surface area contributed by atoms with Crippen molar-refractivity contribution in [3.8, 4) is 5.69 Å². The Balaban J connectivity index is 1.97. The van der Waals surface area contributed by atoms with E-state index in [1.807, 2.05) is 0 Å². The summed E-state index contributed by atoms with van der Waals surface area (Å²) in [6, 6.07) is 4.93. The van der Waals surface area contributed by atoms with Crippen LogP contribution in [0.5, 0.6) is 0 Å². The number of hydrogen-bond acceptors (Lipinski definition) is 7. The molecule has 0 unspecified atom stereocenters. The summed E-state index contributed by atoms with van der Waals surface area (Å²) in [7, 11) is 0. The average molecular weight is 306 g/mol. The standard InChI is InChI=1S/C11H8ClN7O2/c12-6-1-2-8(19-5-14-4-15-19)7(3-6)16-11(20)9-10(13)18-21-17-9/h1-5H,(H2,13,18)(H,16,20). The molecule has 1 aromatic carbocycles. The lowest BCUT2D eigenvalue weighted by atomic mass is 10.2. The van der Waals surface area contributed by atoms with Crippen molar-refractivity contribution < 1.29 is 9.42 Å². The molecule has 0 spiro atoms. The number of nitrogens with one attached hydrogen (secondary N) is 1. The summed E-state index contributed by atoms with van der Waals surface area (Å²) >= 11 is 5.95. The maximum absolute atomic E-state index is 12.1. The van der Waals surface area contributed by atoms with Crippen LogP contribution in [0.25, 0.3) is 5.69 Å². The summed E-state index contributed by atoms with van der Waals surface area (Å²) in [4.78, 5) is 15.9. The first-order valence-corrected chi connectivity index (χ1v) is 6.07. The molecule has 3 aromatic rings. The molecular formula is C11H8ClN7O2. The highest BCUT2D eigenvalue weighted by Crippen LogP contribution is 2.24. The highest BCUT2D eigenvalue weighted by atomic mass is 35.5. The van der Waals surface area contributed by atoms with Crippen LogP contribution in [0.2, 0.25) is 5.02 Å². The van der Waals surface area contributed by atoms with Gasteiger partial charge < -0.3 is 11.1 Å². The SMILES string of the molecule is Nc1nonc1C(=O)Nc1cc(Cl)ccc1-n1cncn1. The van der Waals surface area contributed by atoms with Gasteiger partial charge in [-0.25, -0.2) is 14.3 Å². The molecule has 10 heteroatoms. The van der Waals surface area contributed by atoms with Crippen LogP contribution in [0.3, 0.4) is 0 Å². The molecule has 2 heterocycles. The van der Waals surface area contributed by atoms with Gasteiger partial charge >= 0.3 is 0 Å². The van der Waals surface area contributed by atoms with Gasteiger partial charge in [0, 0.05) is 5.02 Å². The maximum Gasteiger partial charge on any atom is 0.281 e. The predicted octanol–water partition coefficient (Wildman–Crippen LogP) is 1.14. The number of nitrogens with zero attached hydrogens (tertiary/aromatic N) is 5. The fourth-order valence-corrected chi connectivity index (χ4v) is 1.85. The van der Waals surface area contributed by atoms with Gasteiger partial charge in [0.15, 0.2) is 0 Å². The fourth-order valence-electron chi connectivity index (χ4n) is 1.68. The van der Waals surface area contributed by atoms with E-state index in [9.17, 15) is 4.79 Å². The van der Waals surface area contributed by atoms with Crippen LogP contribution in [0.15, 0.2) is 35.5 Å². The van der Waals surface area contributed by atoms with Gasteiger partial charge in [-0.1, -0.05) is 11.6 Å². The fraction of sp³-hybridized carbons (Fsp3) is 0. The molecule has 21 heavy (non-hydrogen) atoms. The lowest BCUT2D eigenvalue weighted by molar-refractivity contribution is 0.101. The van der Waals surface area contributed by atoms with Crippen LogP contribution >= 0.6 is 11.6 Å². The quantitative estimate of drug-likeness (QED) is 0.743. The number of carbonyl (C=O) groups excluding carboxylic acids is 1. The van der Waals surface area contributed by atoms with E-state index in [1.165, 1.54) is 17.3 Å². The molecule has 0 radical (unpaired) electrons. The van der Waals surface area contributed by atoms with Crippen LogP contribution in [0.4, 0.5) is 11.5 Å². The number of carbonyl (C=O) groups is 1. The van der Waals surface area contributed by atoms with Crippen LogP contribution in [0, 0.1) is 0 Å². The Morgan fingerprint density at radius 3 is 2.90 bits per heavy atom. The van der Waals surface area contributed by atoms with Gasteiger partial charge in [-0.05, 0) is 28.5 Å². The Morgan fingerprint density at radius 1 is 1.38 bits per heavy atom. The Labute approximate surface area is 122 Å². The Bertz CT molecular complexity index is 784. The number of amides is 1. The summed E-state index contributed by atoms with van der Waals surface area (Å²) in [5.41, 5.74) is 6.36. The number of nitrogens with two attached hydrogens (primary N) is 1. The number of anilines is 2. The van der Waals surface area contributed by atoms with Crippen LogP contribution < -0.4 is 11.1 Å². The lowest BCUT2D eigenvalue weighted by Crippen LogP contribution is -2.16. The summed E-state index contributed by atoms with van der Waals surface area (Å²) < 4.78 is 5.87. The molecule has 2 aromatic heterocycles. The zero-order valence-electron chi connectivity index (χ0n) is 10.4. The van der Waals surface area contributed by atoms with E-state index < -0.39 is 5.91 Å². The highest BCUT2D eigenvalue weighted by molar-refractivity contribution is 6.31. The molecule has 3 rings (SSSR count). The van der Waals surface area contributed by atoms with Crippen molar-refractivity contribution in [2.45, 2.75) is 0 Å². The average Bonchev–Trinajstić information content (AvgIpc) is 3.10. The van der Waals surface area contributed by atoms with E-state index in [1.54, 1.807) is 18.2 Å². The van der Waals surface area contributed by atoms with Crippen molar-refractivity contribution in [3.05, 3.63) is 41.6 Å². The first-order valence-electron chi connectivity index (χ1n) is 5.69. The summed E-state index contributed by atoms with van der Waals surface area (Å²) in [5.74, 6) is -0.672. The number of benzene rings is 1. The van der Waals surface area contributed by atoms with E-state index in [4.69, 9.17) is 17.3 Å². The van der Waals surface area contributed by atoms with Gasteiger partial charge in [0.05, 0.1) is 11.4 Å². The minimum Gasteiger partial charge on any atom is -0.379 e. The Morgan fingerprint density at radius 2 is 2.24 bits per heavy atom. The number of aromatic nitrogens is 5. The molecule has 1 amide bonds. The zero-order valence-corrected chi connectivity index (χ0v) is 11.2. The highest BCUT2D eigenvalue weighted by Gasteiger charge is 2.18. The van der Waals surface area contributed by atoms with Crippen molar-refractivity contribution in [1.82, 2.24) is 25.1 Å². The van der Waals surface area contributed by atoms with Crippen molar-refractivity contribution in [2.24, 2.45) is 0 Å². The Kier molecular flexibility index (Phi) is 3.24. The molecule has 0 aliphatic heterocycles. The summed E-state index contributed by atoms with van der Waals surface area (Å²) in [6.07, 6.45) is 2.87. The molecule has 0 fully saturated rings. The normalized spacial score (nSPS) is 10.5. The minimum atomic E-state index is -0.572. The van der Waals surface area contributed by atoms with Gasteiger partial charge in [-0.15, -0.1) is 0 Å². The topological polar surface area (TPSA) is 125 Å².